The van der Waals surface area contributed by atoms with E-state index in [-0.39, 0.29) is 42.6 Å². The van der Waals surface area contributed by atoms with Crippen molar-refractivity contribution in [3.8, 4) is 5.75 Å². The van der Waals surface area contributed by atoms with E-state index in [0.29, 0.717) is 49.5 Å². The van der Waals surface area contributed by atoms with Gasteiger partial charge in [-0.2, -0.15) is 0 Å². The lowest BCUT2D eigenvalue weighted by atomic mass is 9.79. The molecule has 9 atom stereocenters. The maximum absolute atomic E-state index is 14.2. The second-order valence-electron chi connectivity index (χ2n) is 14.8. The first kappa shape index (κ1) is 38.9. The van der Waals surface area contributed by atoms with Crippen molar-refractivity contribution in [1.29, 1.82) is 0 Å². The van der Waals surface area contributed by atoms with Gasteiger partial charge in [0.25, 0.3) is 5.91 Å². The third-order valence-electron chi connectivity index (χ3n) is 10.4. The minimum absolute atomic E-state index is 0.00936. The van der Waals surface area contributed by atoms with E-state index in [1.165, 1.54) is 23.2 Å². The molecule has 5 rings (SSSR count). The molecule has 0 unspecified atom stereocenters. The molecule has 13 heteroatoms. The lowest BCUT2D eigenvalue weighted by molar-refractivity contribution is -0.344. The number of fused-ring (bicyclic) bond motifs is 4. The van der Waals surface area contributed by atoms with Crippen LogP contribution in [-0.2, 0) is 44.6 Å². The maximum atomic E-state index is 14.2. The van der Waals surface area contributed by atoms with E-state index >= 15 is 0 Å². The van der Waals surface area contributed by atoms with Crippen LogP contribution in [0.1, 0.15) is 72.3 Å². The maximum Gasteiger partial charge on any atom is 0.325 e. The molecule has 5 bridgehead atoms. The van der Waals surface area contributed by atoms with Gasteiger partial charge in [-0.25, -0.2) is 5.43 Å². The zero-order valence-electron chi connectivity index (χ0n) is 30.6. The highest BCUT2D eigenvalue weighted by molar-refractivity contribution is 5.93. The number of rotatable bonds is 5. The molecule has 4 N–H and O–H groups in total. The highest BCUT2D eigenvalue weighted by atomic mass is 16.7. The van der Waals surface area contributed by atoms with E-state index in [1.54, 1.807) is 19.1 Å². The molecule has 0 aliphatic carbocycles. The summed E-state index contributed by atoms with van der Waals surface area (Å²) in [5.74, 6) is -3.85. The molecule has 52 heavy (non-hydrogen) atoms. The van der Waals surface area contributed by atoms with Crippen LogP contribution in [0.25, 0.3) is 0 Å². The average molecular weight is 721 g/mol. The molecule has 1 aromatic rings. The minimum atomic E-state index is -1.11. The number of allylic oxidation sites excluding steroid dienone is 3. The topological polar surface area (TPSA) is 173 Å². The van der Waals surface area contributed by atoms with E-state index < -0.39 is 59.8 Å². The van der Waals surface area contributed by atoms with Crippen molar-refractivity contribution >= 4 is 30.0 Å². The van der Waals surface area contributed by atoms with E-state index in [1.807, 2.05) is 52.0 Å². The van der Waals surface area contributed by atoms with E-state index in [0.717, 1.165) is 0 Å². The van der Waals surface area contributed by atoms with E-state index in [4.69, 9.17) is 14.2 Å². The predicted molar refractivity (Wildman–Crippen MR) is 191 cm³/mol. The monoisotopic (exact) mass is 720 g/mol. The number of ether oxygens (including phenoxy) is 3. The summed E-state index contributed by atoms with van der Waals surface area (Å²) in [6.07, 6.45) is 10.1. The number of amides is 3. The molecule has 3 fully saturated rings. The third kappa shape index (κ3) is 9.36. The van der Waals surface area contributed by atoms with Crippen molar-refractivity contribution in [1.82, 2.24) is 21.1 Å². The molecule has 282 valence electrons. The number of aldehydes is 1. The fraction of sp³-hybridized carbons (Fsp3) is 0.564. The largest absolute Gasteiger partial charge is 0.508 e. The van der Waals surface area contributed by atoms with Crippen molar-refractivity contribution in [2.45, 2.75) is 115 Å². The molecule has 3 amide bonds. The van der Waals surface area contributed by atoms with Gasteiger partial charge in [-0.3, -0.25) is 29.0 Å². The van der Waals surface area contributed by atoms with Crippen molar-refractivity contribution in [2.75, 3.05) is 6.54 Å². The first-order valence-corrected chi connectivity index (χ1v) is 18.3. The van der Waals surface area contributed by atoms with Gasteiger partial charge in [0, 0.05) is 31.7 Å². The van der Waals surface area contributed by atoms with Gasteiger partial charge in [-0.1, -0.05) is 57.2 Å². The molecule has 0 aromatic heterocycles. The Kier molecular flexibility index (Phi) is 12.7. The first-order chi connectivity index (χ1) is 24.8. The van der Waals surface area contributed by atoms with Crippen LogP contribution in [0.3, 0.4) is 0 Å². The molecular formula is C39H52N4O9. The number of aromatic hydroxyl groups is 1. The van der Waals surface area contributed by atoms with Crippen molar-refractivity contribution < 1.29 is 43.3 Å². The first-order valence-electron chi connectivity index (χ1n) is 18.3. The summed E-state index contributed by atoms with van der Waals surface area (Å²) in [5, 5.41) is 17.3. The van der Waals surface area contributed by atoms with Crippen LogP contribution in [0, 0.1) is 17.8 Å². The number of cyclic esters (lactones) is 1. The third-order valence-corrected chi connectivity index (χ3v) is 10.4. The Bertz CT molecular complexity index is 1590. The van der Waals surface area contributed by atoms with Gasteiger partial charge in [0.15, 0.2) is 5.79 Å². The van der Waals surface area contributed by atoms with E-state index in [2.05, 4.69) is 16.1 Å². The van der Waals surface area contributed by atoms with Gasteiger partial charge < -0.3 is 30.0 Å². The standard InChI is InChI=1S/C39H52N4O9/c1-23(2)33-36(47)40-30(22-26-11-9-12-27(45)21-26)37(48)43-19-10-13-29(42-43)38(49)50-31(24(3)17-20-44)14-7-6-8-15-32-25(4)34-28(35(46)41-33)16-18-39(5,51-32)52-34/h6-9,11-12,15,17,20-21,23,25,28-34,42,45H,10,13-14,16,18-19,22H2,1-5H3,(H,40,47)(H,41,46)/b7-6+,15-8+,24-17+/t25-,28+,29-,30-,31-,32-,33-,34+,39+/m0/s1. The predicted octanol–water partition coefficient (Wildman–Crippen LogP) is 3.18. The number of phenols is 1. The zero-order chi connectivity index (χ0) is 37.6. The smallest absolute Gasteiger partial charge is 0.325 e. The van der Waals surface area contributed by atoms with Crippen molar-refractivity contribution in [3.05, 3.63) is 65.8 Å². The minimum Gasteiger partial charge on any atom is -0.508 e. The molecule has 0 saturated carbocycles. The average Bonchev–Trinajstić information content (AvgIpc) is 3.10. The lowest BCUT2D eigenvalue weighted by Crippen LogP contribution is -2.63. The molecule has 3 saturated heterocycles. The van der Waals surface area contributed by atoms with Crippen LogP contribution in [0.2, 0.25) is 0 Å². The lowest BCUT2D eigenvalue weighted by Gasteiger charge is -2.51. The van der Waals surface area contributed by atoms with Crippen LogP contribution in [0.4, 0.5) is 0 Å². The molecule has 13 nitrogen and oxygen atoms in total. The van der Waals surface area contributed by atoms with Crippen molar-refractivity contribution in [2.24, 2.45) is 17.8 Å². The Morgan fingerprint density at radius 3 is 2.62 bits per heavy atom. The summed E-state index contributed by atoms with van der Waals surface area (Å²) in [5.41, 5.74) is 4.17. The number of nitrogens with zero attached hydrogens (tertiary/aromatic N) is 1. The second kappa shape index (κ2) is 17.0. The van der Waals surface area contributed by atoms with Crippen LogP contribution in [-0.4, -0.2) is 88.9 Å². The van der Waals surface area contributed by atoms with Gasteiger partial charge in [0.2, 0.25) is 11.8 Å². The van der Waals surface area contributed by atoms with Gasteiger partial charge in [0.05, 0.1) is 18.1 Å². The Morgan fingerprint density at radius 2 is 1.88 bits per heavy atom. The van der Waals surface area contributed by atoms with Crippen molar-refractivity contribution in [3.63, 3.8) is 0 Å². The second-order valence-corrected chi connectivity index (χ2v) is 14.8. The van der Waals surface area contributed by atoms with Crippen LogP contribution >= 0.6 is 0 Å². The van der Waals surface area contributed by atoms with E-state index in [9.17, 15) is 29.1 Å². The fourth-order valence-corrected chi connectivity index (χ4v) is 7.35. The Balaban J connectivity index is 1.49. The molecule has 0 spiro atoms. The number of hydrogen-bond acceptors (Lipinski definition) is 10. The quantitative estimate of drug-likeness (QED) is 0.201. The SMILES string of the molecule is C/C(=C\C=O)[C@@H]1C/C=C/C=C/[C@@H]2O[C@@]3(C)CC[C@@H](C(=O)N[C@@H](C(C)C)C(=O)N[C@@H](Cc4cccc(O)c4)C(=O)N4CCC[C@H](N4)C(=O)O1)[C@H](O3)[C@H]2C. The Hall–Kier alpha value is -4.33. The number of carbonyl (C=O) groups excluding carboxylic acids is 5. The summed E-state index contributed by atoms with van der Waals surface area (Å²) in [6, 6.07) is 3.49. The summed E-state index contributed by atoms with van der Waals surface area (Å²) in [4.78, 5) is 67.1. The summed E-state index contributed by atoms with van der Waals surface area (Å²) in [7, 11) is 0. The number of hydrogen-bond donors (Lipinski definition) is 4. The van der Waals surface area contributed by atoms with Crippen LogP contribution in [0.15, 0.2) is 60.2 Å². The molecule has 4 aliphatic heterocycles. The molecule has 1 aromatic carbocycles. The Morgan fingerprint density at radius 1 is 1.10 bits per heavy atom. The molecular weight excluding hydrogens is 668 g/mol. The number of esters is 1. The number of nitrogens with one attached hydrogen (secondary N) is 3. The zero-order valence-corrected chi connectivity index (χ0v) is 30.6. The molecule has 0 radical (unpaired) electrons. The number of benzene rings is 1. The number of phenolic OH excluding ortho intramolecular Hbond substituents is 1. The Labute approximate surface area is 305 Å². The molecule has 4 heterocycles. The van der Waals surface area contributed by atoms with Crippen LogP contribution in [0.5, 0.6) is 5.75 Å². The van der Waals surface area contributed by atoms with Gasteiger partial charge in [-0.05, 0) is 68.4 Å². The summed E-state index contributed by atoms with van der Waals surface area (Å²) in [6.45, 7) is 9.47. The normalized spacial score (nSPS) is 35.0. The summed E-state index contributed by atoms with van der Waals surface area (Å²) < 4.78 is 18.6. The van der Waals surface area contributed by atoms with Gasteiger partial charge in [0.1, 0.15) is 36.3 Å². The molecule has 4 aliphatic rings. The van der Waals surface area contributed by atoms with Gasteiger partial charge in [-0.15, -0.1) is 0 Å². The summed E-state index contributed by atoms with van der Waals surface area (Å²) >= 11 is 0. The highest BCUT2D eigenvalue weighted by Gasteiger charge is 2.51. The van der Waals surface area contributed by atoms with Crippen LogP contribution < -0.4 is 16.1 Å². The highest BCUT2D eigenvalue weighted by Crippen LogP contribution is 2.44. The van der Waals surface area contributed by atoms with Gasteiger partial charge >= 0.3 is 5.97 Å². The fourth-order valence-electron chi connectivity index (χ4n) is 7.35. The number of carbonyl (C=O) groups is 5. The number of hydrazine groups is 1.